The average Bonchev–Trinajstić information content (AvgIpc) is 3.18. The van der Waals surface area contributed by atoms with Gasteiger partial charge in [-0.15, -0.1) is 0 Å². The summed E-state index contributed by atoms with van der Waals surface area (Å²) in [5, 5.41) is 9.53. The zero-order valence-corrected chi connectivity index (χ0v) is 20.0. The summed E-state index contributed by atoms with van der Waals surface area (Å²) in [5.41, 5.74) is 5.01. The molecule has 0 spiro atoms. The molecule has 0 bridgehead atoms. The minimum Gasteiger partial charge on any atom is -0.430 e. The second kappa shape index (κ2) is 9.80. The van der Waals surface area contributed by atoms with Crippen LogP contribution in [0.5, 0.6) is 10.9 Å². The molecular weight excluding hydrogens is 410 g/mol. The highest BCUT2D eigenvalue weighted by Crippen LogP contribution is 2.31. The molecule has 0 unspecified atom stereocenters. The predicted octanol–water partition coefficient (Wildman–Crippen LogP) is 4.17. The van der Waals surface area contributed by atoms with Crippen molar-refractivity contribution in [1.82, 2.24) is 24.2 Å². The van der Waals surface area contributed by atoms with Crippen molar-refractivity contribution in [3.63, 3.8) is 0 Å². The van der Waals surface area contributed by atoms with Crippen LogP contribution in [-0.2, 0) is 11.8 Å². The predicted molar refractivity (Wildman–Crippen MR) is 124 cm³/mol. The molecule has 0 saturated heterocycles. The summed E-state index contributed by atoms with van der Waals surface area (Å²) >= 11 is 1.21. The van der Waals surface area contributed by atoms with Gasteiger partial charge in [-0.2, -0.15) is 9.36 Å². The fourth-order valence-corrected chi connectivity index (χ4v) is 3.66. The lowest BCUT2D eigenvalue weighted by molar-refractivity contribution is 0.223. The van der Waals surface area contributed by atoms with Crippen molar-refractivity contribution in [3.05, 3.63) is 46.9 Å². The third kappa shape index (κ3) is 6.06. The Balaban J connectivity index is 1.71. The maximum absolute atomic E-state index is 9.05. The molecule has 0 amide bonds. The number of aryl methyl sites for hydroxylation is 2. The Kier molecular flexibility index (Phi) is 7.35. The van der Waals surface area contributed by atoms with E-state index in [0.717, 1.165) is 30.0 Å². The lowest BCUT2D eigenvalue weighted by Crippen LogP contribution is -2.24. The third-order valence-electron chi connectivity index (χ3n) is 5.13. The van der Waals surface area contributed by atoms with Gasteiger partial charge in [0.05, 0.1) is 18.5 Å². The van der Waals surface area contributed by atoms with Gasteiger partial charge in [-0.05, 0) is 50.1 Å². The van der Waals surface area contributed by atoms with Crippen LogP contribution in [0.4, 0.5) is 0 Å². The van der Waals surface area contributed by atoms with E-state index in [9.17, 15) is 0 Å². The Morgan fingerprint density at radius 3 is 2.48 bits per heavy atom. The highest BCUT2D eigenvalue weighted by molar-refractivity contribution is 7.07. The number of rotatable bonds is 8. The lowest BCUT2D eigenvalue weighted by atomic mass is 9.93. The molecule has 0 radical (unpaired) electrons. The first-order valence-corrected chi connectivity index (χ1v) is 11.2. The zero-order chi connectivity index (χ0) is 22.6. The van der Waals surface area contributed by atoms with E-state index in [4.69, 9.17) is 9.84 Å². The molecule has 0 fully saturated rings. The number of aliphatic hydroxyl groups is 1. The summed E-state index contributed by atoms with van der Waals surface area (Å²) < 4.78 is 10.4. The van der Waals surface area contributed by atoms with Crippen LogP contribution in [0.2, 0.25) is 0 Å². The number of likely N-dealkylation sites (N-methyl/N-ethyl adjacent to an activating group) is 1. The van der Waals surface area contributed by atoms with Crippen molar-refractivity contribution >= 4 is 11.5 Å². The van der Waals surface area contributed by atoms with Crippen LogP contribution in [0, 0.1) is 13.8 Å². The first kappa shape index (κ1) is 23.2. The first-order valence-electron chi connectivity index (χ1n) is 10.4. The lowest BCUT2D eigenvalue weighted by Gasteiger charge is -2.17. The molecule has 8 heteroatoms. The monoisotopic (exact) mass is 441 g/mol. The molecule has 7 nitrogen and oxygen atoms in total. The van der Waals surface area contributed by atoms with Gasteiger partial charge in [0, 0.05) is 36.2 Å². The summed E-state index contributed by atoms with van der Waals surface area (Å²) in [5.74, 6) is 1.30. The summed E-state index contributed by atoms with van der Waals surface area (Å²) in [6.45, 7) is 12.2. The van der Waals surface area contributed by atoms with Crippen LogP contribution in [0.3, 0.4) is 0 Å². The molecule has 166 valence electrons. The molecule has 0 aliphatic heterocycles. The molecule has 1 aromatic carbocycles. The van der Waals surface area contributed by atoms with Crippen LogP contribution in [0.25, 0.3) is 11.5 Å². The largest absolute Gasteiger partial charge is 0.430 e. The summed E-state index contributed by atoms with van der Waals surface area (Å²) in [6, 6.07) is 4.21. The van der Waals surface area contributed by atoms with E-state index in [2.05, 4.69) is 64.1 Å². The van der Waals surface area contributed by atoms with Crippen LogP contribution < -0.4 is 4.74 Å². The average molecular weight is 442 g/mol. The number of nitrogens with zero attached hydrogens (tertiary/aromatic N) is 5. The Hall–Kier alpha value is -2.42. The van der Waals surface area contributed by atoms with E-state index in [1.165, 1.54) is 22.7 Å². The van der Waals surface area contributed by atoms with Gasteiger partial charge >= 0.3 is 0 Å². The molecule has 2 heterocycles. The van der Waals surface area contributed by atoms with E-state index in [-0.39, 0.29) is 12.0 Å². The number of aliphatic hydroxyl groups excluding tert-OH is 1. The molecule has 31 heavy (non-hydrogen) atoms. The molecule has 2 aromatic heterocycles. The van der Waals surface area contributed by atoms with Crippen LogP contribution in [0.1, 0.15) is 43.2 Å². The molecular formula is C23H31N5O2S. The Labute approximate surface area is 188 Å². The van der Waals surface area contributed by atoms with E-state index in [0.29, 0.717) is 23.3 Å². The van der Waals surface area contributed by atoms with E-state index in [1.807, 2.05) is 14.0 Å². The number of aromatic nitrogens is 4. The number of hydrogen-bond donors (Lipinski definition) is 1. The molecule has 3 rings (SSSR count). The smallest absolute Gasteiger partial charge is 0.299 e. The minimum absolute atomic E-state index is 0.0505. The molecule has 3 aromatic rings. The van der Waals surface area contributed by atoms with Gasteiger partial charge in [0.1, 0.15) is 11.4 Å². The summed E-state index contributed by atoms with van der Waals surface area (Å²) in [4.78, 5) is 15.6. The first-order chi connectivity index (χ1) is 14.7. The quantitative estimate of drug-likeness (QED) is 0.562. The number of ether oxygens (including phenoxy) is 1. The summed E-state index contributed by atoms with van der Waals surface area (Å²) in [7, 11) is 2.02. The maximum Gasteiger partial charge on any atom is 0.299 e. The van der Waals surface area contributed by atoms with Gasteiger partial charge in [0.15, 0.2) is 5.82 Å². The van der Waals surface area contributed by atoms with Crippen molar-refractivity contribution in [2.24, 2.45) is 0 Å². The second-order valence-electron chi connectivity index (χ2n) is 8.84. The van der Waals surface area contributed by atoms with Gasteiger partial charge < -0.3 is 14.7 Å². The Bertz CT molecular complexity index is 1010. The fourth-order valence-electron chi connectivity index (χ4n) is 3.10. The van der Waals surface area contributed by atoms with E-state index in [1.54, 1.807) is 12.4 Å². The molecule has 0 aliphatic rings. The second-order valence-corrected chi connectivity index (χ2v) is 9.56. The third-order valence-corrected chi connectivity index (χ3v) is 5.73. The van der Waals surface area contributed by atoms with Crippen LogP contribution in [0.15, 0.2) is 24.5 Å². The standard InChI is InChI=1S/C23H31N5O2S/c1-15-12-19(16(2)11-17(15)7-8-28(6)9-10-29)30-22-26-21(27-31-22)18-13-25-20(14-24-18)23(3,4)5/h11-14,29H,7-10H2,1-6H3. The Morgan fingerprint density at radius 1 is 1.06 bits per heavy atom. The maximum atomic E-state index is 9.05. The van der Waals surface area contributed by atoms with Crippen LogP contribution >= 0.6 is 11.5 Å². The minimum atomic E-state index is -0.0505. The molecule has 0 saturated carbocycles. The van der Waals surface area contributed by atoms with Crippen molar-refractivity contribution < 1.29 is 9.84 Å². The van der Waals surface area contributed by atoms with Gasteiger partial charge in [-0.3, -0.25) is 4.98 Å². The highest BCUT2D eigenvalue weighted by atomic mass is 32.1. The topological polar surface area (TPSA) is 84.3 Å². The molecule has 1 N–H and O–H groups in total. The van der Waals surface area contributed by atoms with Crippen molar-refractivity contribution in [1.29, 1.82) is 0 Å². The van der Waals surface area contributed by atoms with Gasteiger partial charge in [-0.1, -0.05) is 26.8 Å². The van der Waals surface area contributed by atoms with Crippen molar-refractivity contribution in [2.45, 2.75) is 46.5 Å². The number of benzene rings is 1. The van der Waals surface area contributed by atoms with Crippen LogP contribution in [-0.4, -0.2) is 56.1 Å². The Morgan fingerprint density at radius 2 is 1.84 bits per heavy atom. The van der Waals surface area contributed by atoms with Gasteiger partial charge in [-0.25, -0.2) is 4.98 Å². The van der Waals surface area contributed by atoms with Crippen molar-refractivity contribution in [2.75, 3.05) is 26.7 Å². The SMILES string of the molecule is Cc1cc(Oc2nc(-c3cnc(C(C)(C)C)cn3)ns2)c(C)cc1CCN(C)CCO. The highest BCUT2D eigenvalue weighted by Gasteiger charge is 2.17. The van der Waals surface area contributed by atoms with Crippen molar-refractivity contribution in [3.8, 4) is 22.5 Å². The summed E-state index contributed by atoms with van der Waals surface area (Å²) in [6.07, 6.45) is 4.42. The molecule has 0 atom stereocenters. The van der Waals surface area contributed by atoms with E-state index >= 15 is 0 Å². The zero-order valence-electron chi connectivity index (χ0n) is 19.1. The number of hydrogen-bond acceptors (Lipinski definition) is 8. The van der Waals surface area contributed by atoms with Gasteiger partial charge in [0.25, 0.3) is 5.19 Å². The normalized spacial score (nSPS) is 11.9. The van der Waals surface area contributed by atoms with Gasteiger partial charge in [0.2, 0.25) is 0 Å². The molecule has 0 aliphatic carbocycles. The fraction of sp³-hybridized carbons (Fsp3) is 0.478. The van der Waals surface area contributed by atoms with E-state index < -0.39 is 0 Å².